The van der Waals surface area contributed by atoms with Crippen molar-refractivity contribution >= 4 is 19.7 Å². The molecule has 0 N–H and O–H groups in total. The van der Waals surface area contributed by atoms with Crippen LogP contribution in [0.1, 0.15) is 0 Å². The van der Waals surface area contributed by atoms with Gasteiger partial charge in [-0.3, -0.25) is 0 Å². The number of hydrogen-bond donors (Lipinski definition) is 0. The Kier molecular flexibility index (Phi) is 13.8. The minimum absolute atomic E-state index is 0. The third-order valence-electron chi connectivity index (χ3n) is 0.502. The van der Waals surface area contributed by atoms with Crippen LogP contribution in [0.25, 0.3) is 0 Å². The van der Waals surface area contributed by atoms with E-state index in [1.165, 1.54) is 5.54 Å². The van der Waals surface area contributed by atoms with E-state index in [4.69, 9.17) is 11.6 Å². The Labute approximate surface area is 87.9 Å². The Morgan fingerprint density at radius 2 is 1.70 bits per heavy atom. The number of rotatable bonds is 1. The summed E-state index contributed by atoms with van der Waals surface area (Å²) in [6.45, 7) is 6.54. The van der Waals surface area contributed by atoms with Gasteiger partial charge in [0, 0.05) is 25.0 Å². The van der Waals surface area contributed by atoms with Gasteiger partial charge in [0.05, 0.1) is 8.07 Å². The fourth-order valence-corrected chi connectivity index (χ4v) is 0.895. The molecule has 0 heterocycles. The summed E-state index contributed by atoms with van der Waals surface area (Å²) >= 11 is 5.23. The summed E-state index contributed by atoms with van der Waals surface area (Å²) in [5, 5.41) is 0. The molecule has 0 aromatic rings. The summed E-state index contributed by atoms with van der Waals surface area (Å²) in [6, 6.07) is 0. The van der Waals surface area contributed by atoms with E-state index >= 15 is 0 Å². The van der Waals surface area contributed by atoms with Gasteiger partial charge < -0.3 is 12.4 Å². The SMILES string of the molecule is C[Si](C)(C)[C]=C=CCl.[Cl-].[Zn]. The fourth-order valence-electron chi connectivity index (χ4n) is 0.244. The predicted molar refractivity (Wildman–Crippen MR) is 40.5 cm³/mol. The van der Waals surface area contributed by atoms with Crippen LogP contribution in [0.3, 0.4) is 0 Å². The molecule has 0 aliphatic carbocycles. The second-order valence-corrected chi connectivity index (χ2v) is 7.60. The molecule has 0 saturated heterocycles. The van der Waals surface area contributed by atoms with E-state index in [0.717, 1.165) is 0 Å². The van der Waals surface area contributed by atoms with Crippen molar-refractivity contribution in [3.05, 3.63) is 17.0 Å². The minimum atomic E-state index is -1.15. The monoisotopic (exact) mass is 244 g/mol. The molecule has 0 fully saturated rings. The van der Waals surface area contributed by atoms with E-state index in [0.29, 0.717) is 0 Å². The number of halogens is 2. The molecule has 0 rings (SSSR count). The molecule has 4 heteroatoms. The smallest absolute Gasteiger partial charge is 0.0882 e. The van der Waals surface area contributed by atoms with Gasteiger partial charge in [0.15, 0.2) is 0 Å². The molecule has 0 unspecified atom stereocenters. The summed E-state index contributed by atoms with van der Waals surface area (Å²) < 4.78 is 0. The molecule has 0 amide bonds. The fraction of sp³-hybridized carbons (Fsp3) is 0.500. The molecule has 0 atom stereocenters. The zero-order chi connectivity index (χ0) is 6.62. The van der Waals surface area contributed by atoms with E-state index in [1.807, 2.05) is 0 Å². The van der Waals surface area contributed by atoms with Crippen molar-refractivity contribution in [3.8, 4) is 0 Å². The van der Waals surface area contributed by atoms with E-state index in [9.17, 15) is 0 Å². The van der Waals surface area contributed by atoms with Gasteiger partial charge in [-0.2, -0.15) is 0 Å². The minimum Gasteiger partial charge on any atom is -1.00 e. The largest absolute Gasteiger partial charge is 1.00 e. The van der Waals surface area contributed by atoms with Gasteiger partial charge in [-0.15, -0.1) is 5.73 Å². The molecule has 0 bridgehead atoms. The molecule has 0 aliphatic rings. The van der Waals surface area contributed by atoms with Crippen LogP contribution in [0, 0.1) is 5.70 Å². The van der Waals surface area contributed by atoms with E-state index in [2.05, 4.69) is 31.1 Å². The van der Waals surface area contributed by atoms with Gasteiger partial charge in [0.2, 0.25) is 0 Å². The van der Waals surface area contributed by atoms with Crippen molar-refractivity contribution < 1.29 is 31.9 Å². The average Bonchev–Trinajstić information content (AvgIpc) is 1.59. The molecule has 0 aromatic carbocycles. The zero-order valence-electron chi connectivity index (χ0n) is 6.54. The second-order valence-electron chi connectivity index (χ2n) is 2.63. The molecule has 0 nitrogen and oxygen atoms in total. The van der Waals surface area contributed by atoms with Gasteiger partial charge in [-0.25, -0.2) is 0 Å². The predicted octanol–water partition coefficient (Wildman–Crippen LogP) is -0.424. The maximum atomic E-state index is 5.23. The Bertz CT molecular complexity index is 122. The Balaban J connectivity index is -0.000000245. The van der Waals surface area contributed by atoms with Gasteiger partial charge in [-0.05, 0) is 5.70 Å². The number of hydrogen-bond acceptors (Lipinski definition) is 0. The molecule has 0 aliphatic heterocycles. The normalized spacial score (nSPS) is 8.00. The van der Waals surface area contributed by atoms with Crippen LogP contribution in [-0.4, -0.2) is 8.07 Å². The summed E-state index contributed by atoms with van der Waals surface area (Å²) in [6.07, 6.45) is 0. The topological polar surface area (TPSA) is 0 Å². The molecular weight excluding hydrogens is 236 g/mol. The third kappa shape index (κ3) is 16.0. The Morgan fingerprint density at radius 3 is 1.80 bits per heavy atom. The van der Waals surface area contributed by atoms with Crippen LogP contribution < -0.4 is 12.4 Å². The van der Waals surface area contributed by atoms with Gasteiger partial charge in [-0.1, -0.05) is 31.2 Å². The van der Waals surface area contributed by atoms with Gasteiger partial charge >= 0.3 is 0 Å². The first-order valence-electron chi connectivity index (χ1n) is 2.51. The van der Waals surface area contributed by atoms with Gasteiger partial charge in [0.25, 0.3) is 0 Å². The standard InChI is InChI=1S/C6H10ClSi.ClH.Zn/c1-8(2,3)6-4-5-7;;/h5H,1-3H3;1H;/p-1. The quantitative estimate of drug-likeness (QED) is 0.435. The molecule has 10 heavy (non-hydrogen) atoms. The maximum Gasteiger partial charge on any atom is 0.0882 e. The van der Waals surface area contributed by atoms with Crippen molar-refractivity contribution in [2.45, 2.75) is 19.6 Å². The Morgan fingerprint density at radius 1 is 1.30 bits per heavy atom. The zero-order valence-corrected chi connectivity index (χ0v) is 12.0. The van der Waals surface area contributed by atoms with Crippen molar-refractivity contribution in [3.63, 3.8) is 0 Å². The van der Waals surface area contributed by atoms with Crippen LogP contribution in [0.4, 0.5) is 0 Å². The van der Waals surface area contributed by atoms with E-state index in [1.54, 1.807) is 0 Å². The summed E-state index contributed by atoms with van der Waals surface area (Å²) in [4.78, 5) is 0. The molecule has 0 spiro atoms. The third-order valence-corrected chi connectivity index (χ3v) is 1.51. The van der Waals surface area contributed by atoms with Crippen molar-refractivity contribution in [2.75, 3.05) is 0 Å². The van der Waals surface area contributed by atoms with Crippen LogP contribution in [-0.2, 0) is 19.5 Å². The van der Waals surface area contributed by atoms with Crippen LogP contribution in [0.5, 0.6) is 0 Å². The first kappa shape index (κ1) is 17.1. The van der Waals surface area contributed by atoms with Crippen molar-refractivity contribution in [1.29, 1.82) is 0 Å². The summed E-state index contributed by atoms with van der Waals surface area (Å²) in [5.74, 6) is 0. The molecular formula is C6H10Cl2SiZn-. The summed E-state index contributed by atoms with van der Waals surface area (Å²) in [5.41, 5.74) is 7.19. The molecule has 55 valence electrons. The second kappa shape index (κ2) is 8.04. The Hall–Kier alpha value is 0.940. The average molecular weight is 247 g/mol. The first-order chi connectivity index (χ1) is 3.56. The maximum absolute atomic E-state index is 5.23. The first-order valence-corrected chi connectivity index (χ1v) is 6.44. The molecule has 0 saturated carbocycles. The molecule has 0 aromatic heterocycles. The van der Waals surface area contributed by atoms with Crippen LogP contribution in [0.15, 0.2) is 11.3 Å². The van der Waals surface area contributed by atoms with Crippen LogP contribution >= 0.6 is 11.6 Å². The van der Waals surface area contributed by atoms with E-state index < -0.39 is 8.07 Å². The molecule has 1 radical (unpaired) electrons. The van der Waals surface area contributed by atoms with E-state index in [-0.39, 0.29) is 31.9 Å². The van der Waals surface area contributed by atoms with Crippen molar-refractivity contribution in [1.82, 2.24) is 0 Å². The van der Waals surface area contributed by atoms with Crippen molar-refractivity contribution in [2.24, 2.45) is 0 Å². The van der Waals surface area contributed by atoms with Crippen LogP contribution in [0.2, 0.25) is 19.6 Å². The van der Waals surface area contributed by atoms with Gasteiger partial charge in [0.1, 0.15) is 0 Å². The summed E-state index contributed by atoms with van der Waals surface area (Å²) in [7, 11) is -1.15.